The average Bonchev–Trinajstić information content (AvgIpc) is 3.33. The molecule has 0 amide bonds. The van der Waals surface area contributed by atoms with Crippen LogP contribution in [0.15, 0.2) is 108 Å². The fourth-order valence-corrected chi connectivity index (χ4v) is 6.32. The van der Waals surface area contributed by atoms with Crippen LogP contribution < -0.4 is 0 Å². The van der Waals surface area contributed by atoms with E-state index in [2.05, 4.69) is 143 Å². The Hall–Kier alpha value is -4.15. The van der Waals surface area contributed by atoms with Crippen LogP contribution in [0.2, 0.25) is 0 Å². The molecule has 0 atom stereocenters. The van der Waals surface area contributed by atoms with Crippen molar-refractivity contribution in [1.82, 2.24) is 14.5 Å². The summed E-state index contributed by atoms with van der Waals surface area (Å²) in [5, 5.41) is 0. The van der Waals surface area contributed by atoms with Crippen LogP contribution in [0.25, 0.3) is 55.9 Å². The summed E-state index contributed by atoms with van der Waals surface area (Å²) in [4.78, 5) is 11.0. The van der Waals surface area contributed by atoms with Gasteiger partial charge in [0, 0.05) is 34.8 Å². The Balaban J connectivity index is 1.60. The molecule has 43 heavy (non-hydrogen) atoms. The number of pyridine rings is 1. The van der Waals surface area contributed by atoms with Gasteiger partial charge in [0.1, 0.15) is 5.82 Å². The van der Waals surface area contributed by atoms with Gasteiger partial charge < -0.3 is 4.57 Å². The summed E-state index contributed by atoms with van der Waals surface area (Å²) >= 11 is 5.13. The minimum absolute atomic E-state index is 0.00821. The maximum absolute atomic E-state index is 5.37. The zero-order valence-electron chi connectivity index (χ0n) is 26.1. The van der Waals surface area contributed by atoms with E-state index in [0.29, 0.717) is 0 Å². The Kier molecular flexibility index (Phi) is 7.30. The number of benzene rings is 4. The lowest BCUT2D eigenvalue weighted by molar-refractivity contribution is 0.560. The molecule has 4 heteroatoms. The van der Waals surface area contributed by atoms with Crippen LogP contribution in [0, 0.1) is 0 Å². The van der Waals surface area contributed by atoms with E-state index in [4.69, 9.17) is 17.6 Å². The Morgan fingerprint density at radius 1 is 0.628 bits per heavy atom. The highest BCUT2D eigenvalue weighted by molar-refractivity contribution is 7.80. The molecule has 6 rings (SSSR count). The van der Waals surface area contributed by atoms with E-state index in [-0.39, 0.29) is 10.8 Å². The average molecular weight is 582 g/mol. The third-order valence-electron chi connectivity index (χ3n) is 8.25. The zero-order chi connectivity index (χ0) is 30.5. The Labute approximate surface area is 261 Å². The minimum atomic E-state index is -0.0530. The molecule has 0 aliphatic carbocycles. The van der Waals surface area contributed by atoms with Crippen LogP contribution in [0.3, 0.4) is 0 Å². The molecule has 3 nitrogen and oxygen atoms in total. The van der Waals surface area contributed by atoms with Gasteiger partial charge in [-0.3, -0.25) is 4.98 Å². The van der Waals surface area contributed by atoms with E-state index >= 15 is 0 Å². The normalized spacial score (nSPS) is 12.2. The summed E-state index contributed by atoms with van der Waals surface area (Å²) in [7, 11) is 2.11. The number of nitrogens with zero attached hydrogens (tertiary/aromatic N) is 3. The number of para-hydroxylation sites is 1. The number of aromatic nitrogens is 3. The maximum Gasteiger partial charge on any atom is 0.142 e. The first-order valence-corrected chi connectivity index (χ1v) is 15.3. The molecule has 2 aromatic heterocycles. The second-order valence-corrected chi connectivity index (χ2v) is 13.9. The van der Waals surface area contributed by atoms with Gasteiger partial charge in [0.25, 0.3) is 0 Å². The topological polar surface area (TPSA) is 30.7 Å². The predicted octanol–water partition coefficient (Wildman–Crippen LogP) is 10.5. The highest BCUT2D eigenvalue weighted by Crippen LogP contribution is 2.42. The molecule has 0 bridgehead atoms. The van der Waals surface area contributed by atoms with Crippen molar-refractivity contribution in [2.45, 2.75) is 57.3 Å². The third-order valence-corrected chi connectivity index (χ3v) is 8.73. The second kappa shape index (κ2) is 10.8. The molecule has 216 valence electrons. The highest BCUT2D eigenvalue weighted by Gasteiger charge is 2.26. The van der Waals surface area contributed by atoms with Crippen LogP contribution in [-0.4, -0.2) is 14.5 Å². The summed E-state index contributed by atoms with van der Waals surface area (Å²) in [6, 6.07) is 34.4. The number of imidazole rings is 1. The SMILES string of the molecule is Cn1c(-c2cc(C(C)(C)C)cc(C(C)(C)C)c2S)nc2c(-c3cc(-c4ccccc4)cc(-c4ccccn4)c3)cccc21. The van der Waals surface area contributed by atoms with E-state index in [9.17, 15) is 0 Å². The van der Waals surface area contributed by atoms with Crippen LogP contribution in [0.4, 0.5) is 0 Å². The highest BCUT2D eigenvalue weighted by atomic mass is 32.1. The molecule has 0 saturated carbocycles. The lowest BCUT2D eigenvalue weighted by Crippen LogP contribution is -2.18. The van der Waals surface area contributed by atoms with Gasteiger partial charge in [-0.1, -0.05) is 96.1 Å². The first-order valence-electron chi connectivity index (χ1n) is 14.9. The molecular weight excluding hydrogens is 543 g/mol. The maximum atomic E-state index is 5.37. The van der Waals surface area contributed by atoms with Crippen molar-refractivity contribution in [2.75, 3.05) is 0 Å². The quantitative estimate of drug-likeness (QED) is 0.210. The predicted molar refractivity (Wildman–Crippen MR) is 185 cm³/mol. The molecule has 0 saturated heterocycles. The summed E-state index contributed by atoms with van der Waals surface area (Å²) in [5.41, 5.74) is 12.1. The molecule has 0 unspecified atom stereocenters. The zero-order valence-corrected chi connectivity index (χ0v) is 27.0. The van der Waals surface area contributed by atoms with Crippen molar-refractivity contribution in [3.8, 4) is 44.9 Å². The van der Waals surface area contributed by atoms with Crippen LogP contribution in [0.1, 0.15) is 52.7 Å². The van der Waals surface area contributed by atoms with Gasteiger partial charge in [-0.05, 0) is 81.1 Å². The summed E-state index contributed by atoms with van der Waals surface area (Å²) in [5.74, 6) is 0.924. The number of rotatable bonds is 4. The molecule has 0 aliphatic rings. The fraction of sp³-hybridized carbons (Fsp3) is 0.231. The molecule has 0 spiro atoms. The van der Waals surface area contributed by atoms with Gasteiger partial charge in [0.05, 0.1) is 16.7 Å². The number of thiol groups is 1. The molecule has 2 heterocycles. The van der Waals surface area contributed by atoms with E-state index < -0.39 is 0 Å². The third kappa shape index (κ3) is 5.52. The Morgan fingerprint density at radius 2 is 1.33 bits per heavy atom. The molecule has 6 aromatic rings. The van der Waals surface area contributed by atoms with E-state index in [1.54, 1.807) is 0 Å². The summed E-state index contributed by atoms with van der Waals surface area (Å²) < 4.78 is 2.22. The van der Waals surface area contributed by atoms with Crippen molar-refractivity contribution in [1.29, 1.82) is 0 Å². The largest absolute Gasteiger partial charge is 0.327 e. The Morgan fingerprint density at radius 3 is 2.00 bits per heavy atom. The van der Waals surface area contributed by atoms with Crippen molar-refractivity contribution >= 4 is 23.7 Å². The minimum Gasteiger partial charge on any atom is -0.327 e. The van der Waals surface area contributed by atoms with Gasteiger partial charge in [0.2, 0.25) is 0 Å². The van der Waals surface area contributed by atoms with Crippen molar-refractivity contribution < 1.29 is 0 Å². The second-order valence-electron chi connectivity index (χ2n) is 13.5. The van der Waals surface area contributed by atoms with E-state index in [1.807, 2.05) is 18.3 Å². The van der Waals surface area contributed by atoms with E-state index in [0.717, 1.165) is 55.3 Å². The number of fused-ring (bicyclic) bond motifs is 1. The number of aryl methyl sites for hydroxylation is 1. The van der Waals surface area contributed by atoms with Crippen LogP contribution in [0.5, 0.6) is 0 Å². The van der Waals surface area contributed by atoms with Gasteiger partial charge in [-0.2, -0.15) is 0 Å². The molecule has 0 N–H and O–H groups in total. The first kappa shape index (κ1) is 28.9. The number of hydrogen-bond donors (Lipinski definition) is 1. The van der Waals surface area contributed by atoms with E-state index in [1.165, 1.54) is 16.7 Å². The monoisotopic (exact) mass is 581 g/mol. The Bertz CT molecular complexity index is 1880. The lowest BCUT2D eigenvalue weighted by Gasteiger charge is -2.28. The van der Waals surface area contributed by atoms with Crippen molar-refractivity contribution in [2.24, 2.45) is 7.05 Å². The molecule has 0 fully saturated rings. The first-order chi connectivity index (χ1) is 20.4. The van der Waals surface area contributed by atoms with Crippen molar-refractivity contribution in [3.63, 3.8) is 0 Å². The lowest BCUT2D eigenvalue weighted by atomic mass is 9.79. The summed E-state index contributed by atoms with van der Waals surface area (Å²) in [6.45, 7) is 13.6. The molecular formula is C39H39N3S. The van der Waals surface area contributed by atoms with Gasteiger partial charge in [0.15, 0.2) is 0 Å². The van der Waals surface area contributed by atoms with Gasteiger partial charge >= 0.3 is 0 Å². The van der Waals surface area contributed by atoms with Crippen LogP contribution >= 0.6 is 12.6 Å². The standard InChI is InChI=1S/C39H39N3S/c1-38(2,3)29-23-31(36(43)32(24-29)39(4,5)6)37-41-35-30(16-13-18-34(35)42(37)7)27-20-26(25-14-9-8-10-15-25)21-28(22-27)33-17-11-12-19-40-33/h8-24,43H,1-7H3. The number of hydrogen-bond acceptors (Lipinski definition) is 3. The molecule has 0 aliphatic heterocycles. The van der Waals surface area contributed by atoms with Gasteiger partial charge in [-0.25, -0.2) is 4.98 Å². The summed E-state index contributed by atoms with van der Waals surface area (Å²) in [6.07, 6.45) is 1.85. The fourth-order valence-electron chi connectivity index (χ4n) is 5.76. The van der Waals surface area contributed by atoms with Gasteiger partial charge in [-0.15, -0.1) is 12.6 Å². The van der Waals surface area contributed by atoms with Crippen LogP contribution in [-0.2, 0) is 17.9 Å². The molecule has 0 radical (unpaired) electrons. The smallest absolute Gasteiger partial charge is 0.142 e. The van der Waals surface area contributed by atoms with Crippen molar-refractivity contribution in [3.05, 3.63) is 114 Å². The molecule has 4 aromatic carbocycles.